The molecule has 2 unspecified atom stereocenters. The molecule has 0 aliphatic heterocycles. The van der Waals surface area contributed by atoms with Crippen LogP contribution in [0.25, 0.3) is 0 Å². The van der Waals surface area contributed by atoms with E-state index >= 15 is 0 Å². The lowest BCUT2D eigenvalue weighted by molar-refractivity contribution is 0.0863. The maximum absolute atomic E-state index is 12.2. The van der Waals surface area contributed by atoms with Gasteiger partial charge in [-0.05, 0) is 30.9 Å². The Morgan fingerprint density at radius 3 is 2.88 bits per heavy atom. The molecule has 3 nitrogen and oxygen atoms in total. The van der Waals surface area contributed by atoms with E-state index < -0.39 is 0 Å². The number of Topliss-reactive ketones (excluding diaryl/α,β-unsaturated/α-hetero) is 1. The summed E-state index contributed by atoms with van der Waals surface area (Å²) in [6.07, 6.45) is 5.98. The molecule has 0 bridgehead atoms. The van der Waals surface area contributed by atoms with Crippen LogP contribution in [0.2, 0.25) is 0 Å². The molecule has 0 radical (unpaired) electrons. The second-order valence-electron chi connectivity index (χ2n) is 4.81. The van der Waals surface area contributed by atoms with E-state index in [1.807, 2.05) is 0 Å². The third-order valence-electron chi connectivity index (χ3n) is 3.35. The molecule has 0 saturated heterocycles. The van der Waals surface area contributed by atoms with Crippen molar-refractivity contribution in [2.24, 2.45) is 11.8 Å². The number of hydrogen-bond donors (Lipinski definition) is 1. The van der Waals surface area contributed by atoms with Crippen LogP contribution in [-0.2, 0) is 0 Å². The summed E-state index contributed by atoms with van der Waals surface area (Å²) in [6, 6.07) is 3.48. The molecule has 2 atom stereocenters. The van der Waals surface area contributed by atoms with Gasteiger partial charge in [-0.2, -0.15) is 0 Å². The Morgan fingerprint density at radius 1 is 1.44 bits per heavy atom. The molecule has 0 amide bonds. The lowest BCUT2D eigenvalue weighted by Crippen LogP contribution is -2.22. The lowest BCUT2D eigenvalue weighted by atomic mass is 9.79. The molecule has 0 aromatic carbocycles. The summed E-state index contributed by atoms with van der Waals surface area (Å²) in [6.45, 7) is 2.22. The maximum Gasteiger partial charge on any atom is 0.184 e. The summed E-state index contributed by atoms with van der Waals surface area (Å²) < 4.78 is 0. The van der Waals surface area contributed by atoms with Crippen molar-refractivity contribution in [1.82, 2.24) is 4.98 Å². The van der Waals surface area contributed by atoms with Gasteiger partial charge in [-0.25, -0.2) is 0 Å². The molecule has 1 heterocycles. The Kier molecular flexibility index (Phi) is 3.22. The molecule has 1 fully saturated rings. The highest BCUT2D eigenvalue weighted by Gasteiger charge is 2.26. The number of carbonyl (C=O) groups excluding carboxylic acids is 1. The van der Waals surface area contributed by atoms with E-state index in [0.29, 0.717) is 17.3 Å². The topological polar surface area (TPSA) is 56.0 Å². The van der Waals surface area contributed by atoms with Gasteiger partial charge in [-0.15, -0.1) is 0 Å². The van der Waals surface area contributed by atoms with Gasteiger partial charge >= 0.3 is 0 Å². The first-order valence-electron chi connectivity index (χ1n) is 5.92. The van der Waals surface area contributed by atoms with Crippen LogP contribution >= 0.6 is 0 Å². The number of nitrogens with two attached hydrogens (primary N) is 1. The summed E-state index contributed by atoms with van der Waals surface area (Å²) in [4.78, 5) is 16.3. The van der Waals surface area contributed by atoms with E-state index in [9.17, 15) is 4.79 Å². The van der Waals surface area contributed by atoms with E-state index in [-0.39, 0.29) is 11.7 Å². The molecule has 2 N–H and O–H groups in total. The van der Waals surface area contributed by atoms with E-state index in [1.54, 1.807) is 18.3 Å². The molecule has 1 aliphatic carbocycles. The average molecular weight is 218 g/mol. The predicted octanol–water partition coefficient (Wildman–Crippen LogP) is 2.67. The number of nitrogens with zero attached hydrogens (tertiary/aromatic N) is 1. The number of ketones is 1. The second kappa shape index (κ2) is 4.64. The van der Waals surface area contributed by atoms with Crippen molar-refractivity contribution >= 4 is 11.5 Å². The molecule has 0 spiro atoms. The van der Waals surface area contributed by atoms with Crippen LogP contribution in [-0.4, -0.2) is 10.8 Å². The Morgan fingerprint density at radius 2 is 2.25 bits per heavy atom. The van der Waals surface area contributed by atoms with Crippen LogP contribution in [0, 0.1) is 11.8 Å². The van der Waals surface area contributed by atoms with Crippen molar-refractivity contribution in [2.45, 2.75) is 32.6 Å². The summed E-state index contributed by atoms with van der Waals surface area (Å²) in [5.74, 6) is 1.02. The Hall–Kier alpha value is -1.38. The van der Waals surface area contributed by atoms with Crippen LogP contribution in [0.15, 0.2) is 18.3 Å². The van der Waals surface area contributed by atoms with Crippen molar-refractivity contribution in [3.63, 3.8) is 0 Å². The highest BCUT2D eigenvalue weighted by atomic mass is 16.1. The van der Waals surface area contributed by atoms with Crippen molar-refractivity contribution < 1.29 is 4.79 Å². The fourth-order valence-electron chi connectivity index (χ4n) is 2.43. The zero-order valence-electron chi connectivity index (χ0n) is 9.65. The minimum Gasteiger partial charge on any atom is -0.397 e. The molecule has 86 valence electrons. The van der Waals surface area contributed by atoms with Gasteiger partial charge in [0.05, 0.1) is 11.9 Å². The fourth-order valence-corrected chi connectivity index (χ4v) is 2.43. The number of carbonyl (C=O) groups is 1. The largest absolute Gasteiger partial charge is 0.397 e. The summed E-state index contributed by atoms with van der Waals surface area (Å²) in [5.41, 5.74) is 6.72. The molecule has 3 heteroatoms. The Labute approximate surface area is 96.1 Å². The molecule has 2 rings (SSSR count). The fraction of sp³-hybridized carbons (Fsp3) is 0.538. The highest BCUT2D eigenvalue weighted by molar-refractivity contribution is 5.96. The van der Waals surface area contributed by atoms with E-state index in [4.69, 9.17) is 5.73 Å². The lowest BCUT2D eigenvalue weighted by Gasteiger charge is -2.25. The van der Waals surface area contributed by atoms with Gasteiger partial charge in [0.1, 0.15) is 5.69 Å². The van der Waals surface area contributed by atoms with Crippen molar-refractivity contribution in [3.8, 4) is 0 Å². The van der Waals surface area contributed by atoms with Crippen LogP contribution < -0.4 is 5.73 Å². The molecule has 16 heavy (non-hydrogen) atoms. The van der Waals surface area contributed by atoms with Crippen LogP contribution in [0.4, 0.5) is 5.69 Å². The minimum absolute atomic E-state index is 0.167. The van der Waals surface area contributed by atoms with E-state index in [0.717, 1.165) is 19.3 Å². The second-order valence-corrected chi connectivity index (χ2v) is 4.81. The van der Waals surface area contributed by atoms with Gasteiger partial charge in [0.15, 0.2) is 5.78 Å². The van der Waals surface area contributed by atoms with Gasteiger partial charge in [0.25, 0.3) is 0 Å². The van der Waals surface area contributed by atoms with Gasteiger partial charge in [0.2, 0.25) is 0 Å². The number of anilines is 1. The number of rotatable bonds is 2. The first-order valence-corrected chi connectivity index (χ1v) is 5.92. The molecule has 1 saturated carbocycles. The van der Waals surface area contributed by atoms with Crippen molar-refractivity contribution in [3.05, 3.63) is 24.0 Å². The molecule has 1 aliphatic rings. The number of nitrogen functional groups attached to an aromatic ring is 1. The summed E-state index contributed by atoms with van der Waals surface area (Å²) in [7, 11) is 0. The third kappa shape index (κ3) is 2.40. The van der Waals surface area contributed by atoms with Crippen molar-refractivity contribution in [2.75, 3.05) is 5.73 Å². The number of pyridine rings is 1. The summed E-state index contributed by atoms with van der Waals surface area (Å²) in [5, 5.41) is 0. The van der Waals surface area contributed by atoms with Crippen LogP contribution in [0.5, 0.6) is 0 Å². The number of hydrogen-bond acceptors (Lipinski definition) is 3. The van der Waals surface area contributed by atoms with Crippen LogP contribution in [0.3, 0.4) is 0 Å². The molecular formula is C13H18N2O. The highest BCUT2D eigenvalue weighted by Crippen LogP contribution is 2.30. The zero-order chi connectivity index (χ0) is 11.5. The van der Waals surface area contributed by atoms with E-state index in [1.165, 1.54) is 6.42 Å². The van der Waals surface area contributed by atoms with Gasteiger partial charge < -0.3 is 5.73 Å². The Bertz CT molecular complexity index is 372. The standard InChI is InChI=1S/C13H18N2O/c1-9-3-2-4-10(7-9)13(16)12-6-5-11(14)8-15-12/h5-6,8-10H,2-4,7,14H2,1H3. The summed E-state index contributed by atoms with van der Waals surface area (Å²) >= 11 is 0. The average Bonchev–Trinajstić information content (AvgIpc) is 2.29. The minimum atomic E-state index is 0.167. The Balaban J connectivity index is 2.09. The zero-order valence-corrected chi connectivity index (χ0v) is 9.65. The van der Waals surface area contributed by atoms with Gasteiger partial charge in [0, 0.05) is 5.92 Å². The normalized spacial score (nSPS) is 25.3. The van der Waals surface area contributed by atoms with Gasteiger partial charge in [-0.1, -0.05) is 19.8 Å². The van der Waals surface area contributed by atoms with Crippen LogP contribution in [0.1, 0.15) is 43.1 Å². The first-order chi connectivity index (χ1) is 7.66. The SMILES string of the molecule is CC1CCCC(C(=O)c2ccc(N)cn2)C1. The smallest absolute Gasteiger partial charge is 0.184 e. The quantitative estimate of drug-likeness (QED) is 0.776. The molecule has 1 aromatic rings. The third-order valence-corrected chi connectivity index (χ3v) is 3.35. The van der Waals surface area contributed by atoms with E-state index in [2.05, 4.69) is 11.9 Å². The monoisotopic (exact) mass is 218 g/mol. The first kappa shape index (κ1) is 11.1. The maximum atomic E-state index is 12.2. The van der Waals surface area contributed by atoms with Crippen molar-refractivity contribution in [1.29, 1.82) is 0 Å². The predicted molar refractivity (Wildman–Crippen MR) is 64.1 cm³/mol. The molecular weight excluding hydrogens is 200 g/mol. The van der Waals surface area contributed by atoms with Gasteiger partial charge in [-0.3, -0.25) is 9.78 Å². The molecule has 1 aromatic heterocycles. The number of aromatic nitrogens is 1.